The highest BCUT2D eigenvalue weighted by molar-refractivity contribution is 5.39. The number of aryl methyl sites for hydroxylation is 1. The Labute approximate surface area is 147 Å². The van der Waals surface area contributed by atoms with Crippen LogP contribution in [0.5, 0.6) is 5.75 Å². The van der Waals surface area contributed by atoms with Crippen molar-refractivity contribution in [2.75, 3.05) is 13.2 Å². The molecule has 0 saturated carbocycles. The van der Waals surface area contributed by atoms with Gasteiger partial charge in [-0.1, -0.05) is 0 Å². The summed E-state index contributed by atoms with van der Waals surface area (Å²) in [5.74, 6) is 0.889. The highest BCUT2D eigenvalue weighted by Gasteiger charge is 2.32. The molecule has 0 spiro atoms. The molecule has 1 aromatic heterocycles. The number of nitro groups is 1. The van der Waals surface area contributed by atoms with Gasteiger partial charge in [0, 0.05) is 18.4 Å². The maximum Gasteiger partial charge on any atom is 0.312 e. The van der Waals surface area contributed by atoms with Gasteiger partial charge in [-0.15, -0.1) is 0 Å². The van der Waals surface area contributed by atoms with E-state index in [0.717, 1.165) is 25.1 Å². The van der Waals surface area contributed by atoms with Crippen molar-refractivity contribution in [1.29, 1.82) is 0 Å². The zero-order valence-electron chi connectivity index (χ0n) is 15.0. The first-order valence-electron chi connectivity index (χ1n) is 8.77. The van der Waals surface area contributed by atoms with Crippen LogP contribution in [0.15, 0.2) is 24.3 Å². The monoisotopic (exact) mass is 345 g/mol. The van der Waals surface area contributed by atoms with E-state index >= 15 is 0 Å². The molecule has 0 radical (unpaired) electrons. The van der Waals surface area contributed by atoms with Crippen molar-refractivity contribution < 1.29 is 14.6 Å². The minimum atomic E-state index is -0.336. The van der Waals surface area contributed by atoms with Crippen molar-refractivity contribution in [2.24, 2.45) is 0 Å². The van der Waals surface area contributed by atoms with Gasteiger partial charge >= 0.3 is 5.69 Å². The second-order valence-electron chi connectivity index (χ2n) is 6.54. The third-order valence-electron chi connectivity index (χ3n) is 4.96. The molecule has 3 rings (SSSR count). The number of hydrogen-bond donors (Lipinski definition) is 1. The number of ether oxygens (including phenoxy) is 1. The van der Waals surface area contributed by atoms with Crippen LogP contribution in [0, 0.1) is 24.0 Å². The molecule has 2 atom stereocenters. The fourth-order valence-corrected chi connectivity index (χ4v) is 3.76. The first-order valence-corrected chi connectivity index (χ1v) is 8.77. The van der Waals surface area contributed by atoms with E-state index in [1.807, 2.05) is 19.1 Å². The Bertz CT molecular complexity index is 754. The number of likely N-dealkylation sites (tertiary alicyclic amines) is 1. The summed E-state index contributed by atoms with van der Waals surface area (Å²) in [4.78, 5) is 12.3. The van der Waals surface area contributed by atoms with Crippen molar-refractivity contribution in [3.8, 4) is 5.75 Å². The Kier molecular flexibility index (Phi) is 5.03. The van der Waals surface area contributed by atoms with E-state index < -0.39 is 0 Å². The number of aromatic nitrogens is 2. The van der Waals surface area contributed by atoms with E-state index in [4.69, 9.17) is 4.74 Å². The summed E-state index contributed by atoms with van der Waals surface area (Å²) in [5.41, 5.74) is 2.54. The van der Waals surface area contributed by atoms with Gasteiger partial charge < -0.3 is 9.64 Å². The molecule has 2 heterocycles. The molecule has 1 aliphatic heterocycles. The summed E-state index contributed by atoms with van der Waals surface area (Å²) in [6.07, 6.45) is 2.26. The molecule has 1 unspecified atom stereocenters. The van der Waals surface area contributed by atoms with Crippen molar-refractivity contribution in [3.05, 3.63) is 51.3 Å². The average molecular weight is 345 g/mol. The zero-order chi connectivity index (χ0) is 18.0. The van der Waals surface area contributed by atoms with Crippen LogP contribution in [0.1, 0.15) is 42.8 Å². The van der Waals surface area contributed by atoms with Crippen LogP contribution < -0.4 is 9.64 Å². The highest BCUT2D eigenvalue weighted by atomic mass is 16.6. The lowest BCUT2D eigenvalue weighted by Crippen LogP contribution is -3.09. The van der Waals surface area contributed by atoms with Gasteiger partial charge in [-0.3, -0.25) is 10.1 Å². The quantitative estimate of drug-likeness (QED) is 0.643. The van der Waals surface area contributed by atoms with Crippen LogP contribution in [0.4, 0.5) is 5.69 Å². The standard InChI is InChI=1S/C18H24N4O3/c1-4-25-16-9-7-15(8-10-16)17-6-5-11-20(17)12-21-14(3)18(22(23)24)13(2)19-21/h7-10,17H,4-6,11-12H2,1-3H3/p+1/t17-/m0/s1. The Hall–Kier alpha value is -2.41. The number of nitrogens with zero attached hydrogens (tertiary/aromatic N) is 3. The second-order valence-corrected chi connectivity index (χ2v) is 6.54. The highest BCUT2D eigenvalue weighted by Crippen LogP contribution is 2.24. The maximum absolute atomic E-state index is 11.2. The Morgan fingerprint density at radius 2 is 2.08 bits per heavy atom. The molecule has 1 fully saturated rings. The molecule has 7 heteroatoms. The summed E-state index contributed by atoms with van der Waals surface area (Å²) in [7, 11) is 0. The van der Waals surface area contributed by atoms with Crippen LogP contribution in [-0.4, -0.2) is 27.9 Å². The molecule has 1 N–H and O–H groups in total. The maximum atomic E-state index is 11.2. The second kappa shape index (κ2) is 7.23. The summed E-state index contributed by atoms with van der Waals surface area (Å²) in [5, 5.41) is 15.6. The lowest BCUT2D eigenvalue weighted by molar-refractivity contribution is -0.941. The van der Waals surface area contributed by atoms with Gasteiger partial charge in [-0.2, -0.15) is 5.10 Å². The van der Waals surface area contributed by atoms with E-state index in [2.05, 4.69) is 17.2 Å². The molecule has 2 aromatic rings. The molecule has 0 bridgehead atoms. The van der Waals surface area contributed by atoms with E-state index in [-0.39, 0.29) is 10.6 Å². The first-order chi connectivity index (χ1) is 12.0. The van der Waals surface area contributed by atoms with Crippen molar-refractivity contribution in [2.45, 2.75) is 46.3 Å². The van der Waals surface area contributed by atoms with Crippen molar-refractivity contribution >= 4 is 5.69 Å². The zero-order valence-corrected chi connectivity index (χ0v) is 15.0. The van der Waals surface area contributed by atoms with E-state index in [1.54, 1.807) is 18.5 Å². The number of hydrogen-bond acceptors (Lipinski definition) is 4. The lowest BCUT2D eigenvalue weighted by Gasteiger charge is -2.22. The van der Waals surface area contributed by atoms with Gasteiger partial charge in [-0.05, 0) is 45.0 Å². The lowest BCUT2D eigenvalue weighted by atomic mass is 10.0. The summed E-state index contributed by atoms with van der Waals surface area (Å²) in [6.45, 7) is 7.81. The molecule has 1 saturated heterocycles. The summed E-state index contributed by atoms with van der Waals surface area (Å²) in [6, 6.07) is 8.68. The van der Waals surface area contributed by atoms with Crippen LogP contribution in [-0.2, 0) is 6.67 Å². The Morgan fingerprint density at radius 1 is 1.36 bits per heavy atom. The average Bonchev–Trinajstić information content (AvgIpc) is 3.13. The van der Waals surface area contributed by atoms with Crippen LogP contribution >= 0.6 is 0 Å². The molecule has 1 aromatic carbocycles. The SMILES string of the molecule is CCOc1ccc([C@@H]2CCC[NH+]2Cn2nc(C)c([N+](=O)[O-])c2C)cc1. The van der Waals surface area contributed by atoms with E-state index in [1.165, 1.54) is 10.5 Å². The fourth-order valence-electron chi connectivity index (χ4n) is 3.76. The minimum Gasteiger partial charge on any atom is -0.494 e. The molecular weight excluding hydrogens is 320 g/mol. The summed E-state index contributed by atoms with van der Waals surface area (Å²) >= 11 is 0. The largest absolute Gasteiger partial charge is 0.494 e. The molecule has 1 aliphatic rings. The minimum absolute atomic E-state index is 0.135. The first kappa shape index (κ1) is 17.4. The topological polar surface area (TPSA) is 74.6 Å². The van der Waals surface area contributed by atoms with E-state index in [9.17, 15) is 10.1 Å². The fraction of sp³-hybridized carbons (Fsp3) is 0.500. The third-order valence-corrected chi connectivity index (χ3v) is 4.96. The number of nitrogens with one attached hydrogen (secondary N) is 1. The predicted octanol–water partition coefficient (Wildman–Crippen LogP) is 2.18. The molecule has 134 valence electrons. The number of rotatable bonds is 6. The van der Waals surface area contributed by atoms with Crippen molar-refractivity contribution in [3.63, 3.8) is 0 Å². The van der Waals surface area contributed by atoms with Crippen LogP contribution in [0.2, 0.25) is 0 Å². The van der Waals surface area contributed by atoms with Crippen LogP contribution in [0.25, 0.3) is 0 Å². The smallest absolute Gasteiger partial charge is 0.312 e. The normalized spacial score (nSPS) is 20.0. The third kappa shape index (κ3) is 3.51. The Balaban J connectivity index is 1.78. The van der Waals surface area contributed by atoms with Gasteiger partial charge in [0.05, 0.1) is 18.1 Å². The molecular formula is C18H25N4O3+. The van der Waals surface area contributed by atoms with Crippen LogP contribution in [0.3, 0.4) is 0 Å². The molecule has 25 heavy (non-hydrogen) atoms. The van der Waals surface area contributed by atoms with Gasteiger partial charge in [0.15, 0.2) is 6.67 Å². The Morgan fingerprint density at radius 3 is 2.68 bits per heavy atom. The number of benzene rings is 1. The molecule has 0 aliphatic carbocycles. The van der Waals surface area contributed by atoms with Crippen molar-refractivity contribution in [1.82, 2.24) is 9.78 Å². The van der Waals surface area contributed by atoms with E-state index in [0.29, 0.717) is 30.7 Å². The number of quaternary nitrogens is 1. The van der Waals surface area contributed by atoms with Gasteiger partial charge in [0.1, 0.15) is 23.2 Å². The summed E-state index contributed by atoms with van der Waals surface area (Å²) < 4.78 is 7.30. The van der Waals surface area contributed by atoms with Gasteiger partial charge in [0.2, 0.25) is 0 Å². The molecule has 0 amide bonds. The van der Waals surface area contributed by atoms with Gasteiger partial charge in [0.25, 0.3) is 0 Å². The van der Waals surface area contributed by atoms with Gasteiger partial charge in [-0.25, -0.2) is 4.68 Å². The molecule has 7 nitrogen and oxygen atoms in total. The predicted molar refractivity (Wildman–Crippen MR) is 93.8 cm³/mol.